The predicted octanol–water partition coefficient (Wildman–Crippen LogP) is 4.45. The largest absolute Gasteiger partial charge is 0.497 e. The highest BCUT2D eigenvalue weighted by Gasteiger charge is 2.33. The van der Waals surface area contributed by atoms with Gasteiger partial charge in [-0.15, -0.1) is 0 Å². The minimum Gasteiger partial charge on any atom is -0.497 e. The first-order chi connectivity index (χ1) is 12.7. The standard InChI is InChI=1S/C22H24N2O2/c1-3-6-20(25)24-14-13-18-17-7-4-5-8-19(17)23-21(18)22(24)15-9-11-16(26-2)12-10-15/h4-5,7-12,22-23H,3,6,13-14H2,1-2H3/t22-/m0/s1. The minimum absolute atomic E-state index is 0.0730. The lowest BCUT2D eigenvalue weighted by molar-refractivity contribution is -0.133. The predicted molar refractivity (Wildman–Crippen MR) is 103 cm³/mol. The first-order valence-electron chi connectivity index (χ1n) is 9.25. The van der Waals surface area contributed by atoms with Gasteiger partial charge in [-0.3, -0.25) is 4.79 Å². The number of H-pyrrole nitrogens is 1. The number of methoxy groups -OCH3 is 1. The summed E-state index contributed by atoms with van der Waals surface area (Å²) < 4.78 is 5.30. The molecule has 4 rings (SSSR count). The fourth-order valence-corrected chi connectivity index (χ4v) is 4.00. The van der Waals surface area contributed by atoms with E-state index in [-0.39, 0.29) is 11.9 Å². The molecule has 3 aromatic rings. The highest BCUT2D eigenvalue weighted by atomic mass is 16.5. The van der Waals surface area contributed by atoms with Crippen molar-refractivity contribution in [2.24, 2.45) is 0 Å². The zero-order chi connectivity index (χ0) is 18.1. The molecule has 2 aromatic carbocycles. The molecule has 4 nitrogen and oxygen atoms in total. The Bertz CT molecular complexity index is 927. The Morgan fingerprint density at radius 2 is 1.96 bits per heavy atom. The van der Waals surface area contributed by atoms with Crippen molar-refractivity contribution in [1.82, 2.24) is 9.88 Å². The highest BCUT2D eigenvalue weighted by molar-refractivity contribution is 5.86. The molecule has 0 radical (unpaired) electrons. The van der Waals surface area contributed by atoms with E-state index in [4.69, 9.17) is 4.74 Å². The number of amides is 1. The van der Waals surface area contributed by atoms with Crippen LogP contribution in [-0.2, 0) is 11.2 Å². The van der Waals surface area contributed by atoms with Crippen LogP contribution in [0.2, 0.25) is 0 Å². The van der Waals surface area contributed by atoms with E-state index in [9.17, 15) is 4.79 Å². The van der Waals surface area contributed by atoms with E-state index in [0.29, 0.717) is 6.42 Å². The summed E-state index contributed by atoms with van der Waals surface area (Å²) in [4.78, 5) is 18.4. The molecule has 0 saturated carbocycles. The number of aromatic amines is 1. The van der Waals surface area contributed by atoms with Crippen LogP contribution in [0.3, 0.4) is 0 Å². The summed E-state index contributed by atoms with van der Waals surface area (Å²) in [6.45, 7) is 2.81. The summed E-state index contributed by atoms with van der Waals surface area (Å²) in [5, 5.41) is 1.27. The molecule has 0 fully saturated rings. The normalized spacial score (nSPS) is 16.5. The summed E-state index contributed by atoms with van der Waals surface area (Å²) in [5.74, 6) is 1.05. The number of fused-ring (bicyclic) bond motifs is 3. The zero-order valence-electron chi connectivity index (χ0n) is 15.3. The number of ether oxygens (including phenoxy) is 1. The topological polar surface area (TPSA) is 45.3 Å². The summed E-state index contributed by atoms with van der Waals surface area (Å²) in [6, 6.07) is 16.4. The van der Waals surface area contributed by atoms with Crippen molar-refractivity contribution in [2.75, 3.05) is 13.7 Å². The first-order valence-corrected chi connectivity index (χ1v) is 9.25. The van der Waals surface area contributed by atoms with E-state index in [0.717, 1.165) is 41.9 Å². The number of hydrogen-bond acceptors (Lipinski definition) is 2. The molecule has 26 heavy (non-hydrogen) atoms. The fraction of sp³-hybridized carbons (Fsp3) is 0.318. The van der Waals surface area contributed by atoms with Crippen LogP contribution in [0.4, 0.5) is 0 Å². The number of hydrogen-bond donors (Lipinski definition) is 1. The number of aromatic nitrogens is 1. The van der Waals surface area contributed by atoms with Gasteiger partial charge in [0, 0.05) is 29.6 Å². The average molecular weight is 348 g/mol. The maximum atomic E-state index is 12.8. The molecule has 1 N–H and O–H groups in total. The Balaban J connectivity index is 1.84. The number of benzene rings is 2. The van der Waals surface area contributed by atoms with E-state index in [1.165, 1.54) is 10.9 Å². The van der Waals surface area contributed by atoms with Gasteiger partial charge in [-0.1, -0.05) is 37.3 Å². The number of nitrogens with one attached hydrogen (secondary N) is 1. The fourth-order valence-electron chi connectivity index (χ4n) is 4.00. The van der Waals surface area contributed by atoms with Gasteiger partial charge >= 0.3 is 0 Å². The van der Waals surface area contributed by atoms with Crippen molar-refractivity contribution in [3.05, 3.63) is 65.4 Å². The number of rotatable bonds is 4. The minimum atomic E-state index is -0.0730. The third kappa shape index (κ3) is 2.75. The summed E-state index contributed by atoms with van der Waals surface area (Å²) in [6.07, 6.45) is 2.34. The number of nitrogens with zero attached hydrogens (tertiary/aromatic N) is 1. The van der Waals surface area contributed by atoms with Crippen LogP contribution in [0.25, 0.3) is 10.9 Å². The van der Waals surface area contributed by atoms with Gasteiger partial charge in [0.15, 0.2) is 0 Å². The number of carbonyl (C=O) groups is 1. The van der Waals surface area contributed by atoms with Crippen LogP contribution in [0.5, 0.6) is 5.75 Å². The summed E-state index contributed by atoms with van der Waals surface area (Å²) >= 11 is 0. The lowest BCUT2D eigenvalue weighted by Crippen LogP contribution is -2.40. The Hall–Kier alpha value is -2.75. The van der Waals surface area contributed by atoms with E-state index in [1.54, 1.807) is 7.11 Å². The molecule has 2 heterocycles. The molecule has 0 saturated heterocycles. The van der Waals surface area contributed by atoms with Crippen molar-refractivity contribution in [3.8, 4) is 5.75 Å². The number of para-hydroxylation sites is 1. The summed E-state index contributed by atoms with van der Waals surface area (Å²) in [5.41, 5.74) is 4.73. The molecule has 1 aliphatic rings. The zero-order valence-corrected chi connectivity index (χ0v) is 15.3. The Morgan fingerprint density at radius 3 is 2.69 bits per heavy atom. The monoisotopic (exact) mass is 348 g/mol. The van der Waals surface area contributed by atoms with Crippen LogP contribution >= 0.6 is 0 Å². The average Bonchev–Trinajstić information content (AvgIpc) is 3.06. The molecule has 4 heteroatoms. The molecule has 0 spiro atoms. The van der Waals surface area contributed by atoms with Crippen molar-refractivity contribution in [1.29, 1.82) is 0 Å². The molecule has 1 atom stereocenters. The maximum absolute atomic E-state index is 12.8. The highest BCUT2D eigenvalue weighted by Crippen LogP contribution is 2.39. The van der Waals surface area contributed by atoms with E-state index in [2.05, 4.69) is 42.2 Å². The van der Waals surface area contributed by atoms with Gasteiger partial charge in [0.2, 0.25) is 5.91 Å². The van der Waals surface area contributed by atoms with Crippen molar-refractivity contribution in [2.45, 2.75) is 32.2 Å². The van der Waals surface area contributed by atoms with Crippen LogP contribution in [-0.4, -0.2) is 29.4 Å². The van der Waals surface area contributed by atoms with Crippen LogP contribution < -0.4 is 4.74 Å². The molecule has 1 amide bonds. The first kappa shape index (κ1) is 16.7. The van der Waals surface area contributed by atoms with E-state index >= 15 is 0 Å². The van der Waals surface area contributed by atoms with Crippen LogP contribution in [0.1, 0.15) is 42.6 Å². The second kappa shape index (κ2) is 6.87. The van der Waals surface area contributed by atoms with Gasteiger partial charge in [0.1, 0.15) is 5.75 Å². The molecule has 0 unspecified atom stereocenters. The van der Waals surface area contributed by atoms with Gasteiger partial charge in [-0.25, -0.2) is 0 Å². The Labute approximate surface area is 153 Å². The van der Waals surface area contributed by atoms with Gasteiger partial charge in [0.25, 0.3) is 0 Å². The third-order valence-electron chi connectivity index (χ3n) is 5.25. The Kier molecular flexibility index (Phi) is 4.41. The summed E-state index contributed by atoms with van der Waals surface area (Å²) in [7, 11) is 1.67. The second-order valence-electron chi connectivity index (χ2n) is 6.83. The van der Waals surface area contributed by atoms with Gasteiger partial charge in [0.05, 0.1) is 13.2 Å². The molecule has 0 aliphatic carbocycles. The molecule has 1 aromatic heterocycles. The van der Waals surface area contributed by atoms with Crippen LogP contribution in [0, 0.1) is 0 Å². The molecule has 0 bridgehead atoms. The van der Waals surface area contributed by atoms with Crippen LogP contribution in [0.15, 0.2) is 48.5 Å². The maximum Gasteiger partial charge on any atom is 0.223 e. The lowest BCUT2D eigenvalue weighted by atomic mass is 9.92. The van der Waals surface area contributed by atoms with Gasteiger partial charge in [-0.05, 0) is 42.2 Å². The molecular formula is C22H24N2O2. The molecular weight excluding hydrogens is 324 g/mol. The quantitative estimate of drug-likeness (QED) is 0.757. The second-order valence-corrected chi connectivity index (χ2v) is 6.83. The smallest absolute Gasteiger partial charge is 0.223 e. The van der Waals surface area contributed by atoms with Gasteiger partial charge in [-0.2, -0.15) is 0 Å². The van der Waals surface area contributed by atoms with E-state index < -0.39 is 0 Å². The van der Waals surface area contributed by atoms with Crippen molar-refractivity contribution >= 4 is 16.8 Å². The third-order valence-corrected chi connectivity index (χ3v) is 5.25. The van der Waals surface area contributed by atoms with Crippen molar-refractivity contribution in [3.63, 3.8) is 0 Å². The number of carbonyl (C=O) groups excluding carboxylic acids is 1. The van der Waals surface area contributed by atoms with Crippen molar-refractivity contribution < 1.29 is 9.53 Å². The molecule has 134 valence electrons. The van der Waals surface area contributed by atoms with E-state index in [1.807, 2.05) is 23.1 Å². The lowest BCUT2D eigenvalue weighted by Gasteiger charge is -2.36. The molecule has 1 aliphatic heterocycles. The Morgan fingerprint density at radius 1 is 1.19 bits per heavy atom. The SMILES string of the molecule is CCCC(=O)N1CCc2c([nH]c3ccccc23)[C@@H]1c1ccc(OC)cc1. The van der Waals surface area contributed by atoms with Gasteiger partial charge < -0.3 is 14.6 Å².